The Morgan fingerprint density at radius 2 is 1.96 bits per heavy atom. The van der Waals surface area contributed by atoms with Crippen molar-refractivity contribution >= 4 is 10.0 Å². The van der Waals surface area contributed by atoms with Crippen molar-refractivity contribution in [2.75, 3.05) is 39.3 Å². The first-order valence-corrected chi connectivity index (χ1v) is 11.4. The van der Waals surface area contributed by atoms with Crippen LogP contribution in [0.15, 0.2) is 29.2 Å². The summed E-state index contributed by atoms with van der Waals surface area (Å²) >= 11 is 0. The van der Waals surface area contributed by atoms with E-state index in [-0.39, 0.29) is 17.6 Å². The number of ether oxygens (including phenoxy) is 1. The summed E-state index contributed by atoms with van der Waals surface area (Å²) < 4.78 is 33.7. The van der Waals surface area contributed by atoms with Gasteiger partial charge in [-0.2, -0.15) is 4.31 Å². The molecule has 6 nitrogen and oxygen atoms in total. The highest BCUT2D eigenvalue weighted by Crippen LogP contribution is 2.43. The summed E-state index contributed by atoms with van der Waals surface area (Å²) in [7, 11) is -3.42. The molecule has 3 aliphatic heterocycles. The van der Waals surface area contributed by atoms with Gasteiger partial charge in [-0.1, -0.05) is 18.2 Å². The van der Waals surface area contributed by atoms with Crippen LogP contribution in [0.1, 0.15) is 31.2 Å². The number of β-amino-alcohol motifs (C(OH)–C–C–N with tert-alkyl or cyclic N) is 1. The molecule has 1 N–H and O–H groups in total. The number of rotatable bonds is 4. The third-order valence-corrected chi connectivity index (χ3v) is 8.55. The Hall–Kier alpha value is -0.990. The van der Waals surface area contributed by atoms with Crippen molar-refractivity contribution in [1.82, 2.24) is 9.21 Å². The maximum atomic E-state index is 13.0. The normalized spacial score (nSPS) is 29.6. The second-order valence-electron chi connectivity index (χ2n) is 8.51. The Kier molecular flexibility index (Phi) is 5.33. The molecule has 4 rings (SSSR count). The van der Waals surface area contributed by atoms with Gasteiger partial charge in [0.15, 0.2) is 0 Å². The molecule has 0 aromatic heterocycles. The Labute approximate surface area is 162 Å². The monoisotopic (exact) mass is 394 g/mol. The molecule has 0 radical (unpaired) electrons. The number of aliphatic hydroxyl groups is 1. The molecule has 1 aromatic rings. The fourth-order valence-corrected chi connectivity index (χ4v) is 6.48. The minimum absolute atomic E-state index is 0.112. The molecule has 3 heterocycles. The van der Waals surface area contributed by atoms with Crippen LogP contribution in [-0.4, -0.2) is 74.3 Å². The van der Waals surface area contributed by atoms with E-state index in [1.165, 1.54) is 0 Å². The van der Waals surface area contributed by atoms with E-state index in [1.54, 1.807) is 16.4 Å². The number of nitrogens with zero attached hydrogens (tertiary/aromatic N) is 2. The van der Waals surface area contributed by atoms with Gasteiger partial charge in [0.05, 0.1) is 23.7 Å². The van der Waals surface area contributed by atoms with Crippen LogP contribution >= 0.6 is 0 Å². The fraction of sp³-hybridized carbons (Fsp3) is 0.700. The zero-order valence-electron chi connectivity index (χ0n) is 16.0. The summed E-state index contributed by atoms with van der Waals surface area (Å²) in [5.41, 5.74) is 0.913. The predicted octanol–water partition coefficient (Wildman–Crippen LogP) is 1.62. The van der Waals surface area contributed by atoms with Crippen molar-refractivity contribution in [3.63, 3.8) is 0 Å². The third kappa shape index (κ3) is 3.93. The van der Waals surface area contributed by atoms with E-state index in [9.17, 15) is 13.5 Å². The highest BCUT2D eigenvalue weighted by atomic mass is 32.2. The minimum atomic E-state index is -3.42. The lowest BCUT2D eigenvalue weighted by Crippen LogP contribution is -2.43. The SMILES string of the molecule is Cc1ccccc1S(=O)(=O)N1CCC2(CC1)CO[C@H](CN1CC[C@@H](O)C1)C2. The van der Waals surface area contributed by atoms with E-state index in [4.69, 9.17) is 4.74 Å². The second-order valence-corrected chi connectivity index (χ2v) is 10.4. The molecule has 0 saturated carbocycles. The highest BCUT2D eigenvalue weighted by molar-refractivity contribution is 7.89. The summed E-state index contributed by atoms with van der Waals surface area (Å²) in [6.07, 6.45) is 3.57. The van der Waals surface area contributed by atoms with Gasteiger partial charge in [-0.15, -0.1) is 0 Å². The summed E-state index contributed by atoms with van der Waals surface area (Å²) in [6.45, 7) is 6.27. The van der Waals surface area contributed by atoms with Crippen LogP contribution in [-0.2, 0) is 14.8 Å². The lowest BCUT2D eigenvalue weighted by Gasteiger charge is -2.38. The number of benzene rings is 1. The molecule has 150 valence electrons. The van der Waals surface area contributed by atoms with Gasteiger partial charge in [0.2, 0.25) is 10.0 Å². The van der Waals surface area contributed by atoms with Crippen LogP contribution in [0.2, 0.25) is 0 Å². The van der Waals surface area contributed by atoms with Crippen molar-refractivity contribution in [3.8, 4) is 0 Å². The van der Waals surface area contributed by atoms with Gasteiger partial charge in [-0.3, -0.25) is 4.90 Å². The fourth-order valence-electron chi connectivity index (χ4n) is 4.81. The Bertz CT molecular complexity index is 774. The van der Waals surface area contributed by atoms with Crippen LogP contribution < -0.4 is 0 Å². The summed E-state index contributed by atoms with van der Waals surface area (Å²) in [5.74, 6) is 0. The predicted molar refractivity (Wildman–Crippen MR) is 103 cm³/mol. The molecule has 3 saturated heterocycles. The van der Waals surface area contributed by atoms with Crippen molar-refractivity contribution in [1.29, 1.82) is 0 Å². The smallest absolute Gasteiger partial charge is 0.243 e. The molecular weight excluding hydrogens is 364 g/mol. The molecule has 0 unspecified atom stereocenters. The Balaban J connectivity index is 1.36. The maximum Gasteiger partial charge on any atom is 0.243 e. The molecular formula is C20H30N2O4S. The average molecular weight is 395 g/mol. The van der Waals surface area contributed by atoms with Crippen LogP contribution in [0.25, 0.3) is 0 Å². The van der Waals surface area contributed by atoms with Crippen LogP contribution in [0, 0.1) is 12.3 Å². The molecule has 0 amide bonds. The largest absolute Gasteiger partial charge is 0.392 e. The highest BCUT2D eigenvalue weighted by Gasteiger charge is 2.45. The average Bonchev–Trinajstić information content (AvgIpc) is 3.22. The summed E-state index contributed by atoms with van der Waals surface area (Å²) in [5, 5.41) is 9.69. The minimum Gasteiger partial charge on any atom is -0.392 e. The lowest BCUT2D eigenvalue weighted by molar-refractivity contribution is 0.0599. The topological polar surface area (TPSA) is 70.1 Å². The van der Waals surface area contributed by atoms with E-state index in [0.717, 1.165) is 57.5 Å². The molecule has 2 atom stereocenters. The van der Waals surface area contributed by atoms with Crippen molar-refractivity contribution < 1.29 is 18.3 Å². The van der Waals surface area contributed by atoms with Gasteiger partial charge < -0.3 is 9.84 Å². The molecule has 0 bridgehead atoms. The van der Waals surface area contributed by atoms with Gasteiger partial charge in [0.25, 0.3) is 0 Å². The first kappa shape index (κ1) is 19.3. The van der Waals surface area contributed by atoms with Gasteiger partial charge in [0, 0.05) is 32.7 Å². The van der Waals surface area contributed by atoms with Gasteiger partial charge >= 0.3 is 0 Å². The molecule has 1 aromatic carbocycles. The van der Waals surface area contributed by atoms with E-state index >= 15 is 0 Å². The number of aryl methyl sites for hydroxylation is 1. The van der Waals surface area contributed by atoms with Crippen molar-refractivity contribution in [2.45, 2.75) is 49.7 Å². The van der Waals surface area contributed by atoms with Crippen LogP contribution in [0.4, 0.5) is 0 Å². The Morgan fingerprint density at radius 1 is 1.22 bits per heavy atom. The van der Waals surface area contributed by atoms with Gasteiger partial charge in [-0.05, 0) is 49.7 Å². The standard InChI is InChI=1S/C20H30N2O4S/c1-16-4-2-3-5-19(16)27(24,25)22-10-7-20(8-11-22)12-18(26-15-20)14-21-9-6-17(23)13-21/h2-5,17-18,23H,6-15H2,1H3/t17-,18+/m1/s1. The quantitative estimate of drug-likeness (QED) is 0.840. The van der Waals surface area contributed by atoms with Crippen molar-refractivity contribution in [3.05, 3.63) is 29.8 Å². The summed E-state index contributed by atoms with van der Waals surface area (Å²) in [6, 6.07) is 7.21. The van der Waals surface area contributed by atoms with Crippen LogP contribution in [0.5, 0.6) is 0 Å². The molecule has 3 aliphatic rings. The van der Waals surface area contributed by atoms with Gasteiger partial charge in [0.1, 0.15) is 0 Å². The molecule has 7 heteroatoms. The van der Waals surface area contributed by atoms with Crippen molar-refractivity contribution in [2.24, 2.45) is 5.41 Å². The number of hydrogen-bond acceptors (Lipinski definition) is 5. The van der Waals surface area contributed by atoms with E-state index in [2.05, 4.69) is 4.90 Å². The van der Waals surface area contributed by atoms with E-state index in [0.29, 0.717) is 18.0 Å². The molecule has 1 spiro atoms. The first-order chi connectivity index (χ1) is 12.9. The number of likely N-dealkylation sites (tertiary alicyclic amines) is 1. The number of sulfonamides is 1. The zero-order chi connectivity index (χ0) is 19.1. The lowest BCUT2D eigenvalue weighted by atomic mass is 9.77. The number of piperidine rings is 1. The zero-order valence-corrected chi connectivity index (χ0v) is 16.8. The molecule has 0 aliphatic carbocycles. The first-order valence-electron chi connectivity index (χ1n) is 9.96. The Morgan fingerprint density at radius 3 is 2.63 bits per heavy atom. The second kappa shape index (κ2) is 7.44. The molecule has 3 fully saturated rings. The number of hydrogen-bond donors (Lipinski definition) is 1. The maximum absolute atomic E-state index is 13.0. The third-order valence-electron chi connectivity index (χ3n) is 6.49. The van der Waals surface area contributed by atoms with E-state index < -0.39 is 10.0 Å². The van der Waals surface area contributed by atoms with Crippen LogP contribution in [0.3, 0.4) is 0 Å². The van der Waals surface area contributed by atoms with E-state index in [1.807, 2.05) is 19.1 Å². The van der Waals surface area contributed by atoms with Gasteiger partial charge in [-0.25, -0.2) is 8.42 Å². The summed E-state index contributed by atoms with van der Waals surface area (Å²) in [4.78, 5) is 2.71. The molecule has 27 heavy (non-hydrogen) atoms. The number of aliphatic hydroxyl groups excluding tert-OH is 1.